The van der Waals surface area contributed by atoms with Gasteiger partial charge in [-0.05, 0) is 113 Å². The molecule has 0 saturated carbocycles. The Morgan fingerprint density at radius 2 is 1.62 bits per heavy atom. The first kappa shape index (κ1) is 36.8. The molecular weight excluding hydrogens is 681 g/mol. The molecule has 4 aromatic carbocycles. The average Bonchev–Trinajstić information content (AvgIpc) is 3.93. The molecule has 7 rings (SSSR count). The fourth-order valence-corrected chi connectivity index (χ4v) is 8.74. The standard InChI is InChI=1S/C45H50N2O5S/c1-45(2,3)52-44(49)38-13-10-25-47(38)26-22-31-14-16-33(17-15-31)43-41(37-21-20-36(28-40(37)53-43)51-30-32-11-6-5-7-12-32)42(48)34-18-19-35(39(27-34)50-4)29-46-23-8-9-24-46/h5-7,11-12,14-21,27-28,38H,8-10,13,22-26,29-30H2,1-4H3. The molecule has 1 aromatic heterocycles. The number of methoxy groups -OCH3 is 1. The number of nitrogens with zero attached hydrogens (tertiary/aromatic N) is 2. The highest BCUT2D eigenvalue weighted by molar-refractivity contribution is 7.22. The minimum atomic E-state index is -0.492. The Morgan fingerprint density at radius 1 is 0.849 bits per heavy atom. The van der Waals surface area contributed by atoms with Crippen LogP contribution in [0.25, 0.3) is 20.5 Å². The number of carbonyl (C=O) groups excluding carboxylic acids is 2. The minimum absolute atomic E-state index is 0.0264. The van der Waals surface area contributed by atoms with Crippen molar-refractivity contribution >= 4 is 33.2 Å². The second kappa shape index (κ2) is 16.3. The number of hydrogen-bond donors (Lipinski definition) is 0. The fraction of sp³-hybridized carbons (Fsp3) is 0.378. The molecule has 0 aliphatic carbocycles. The van der Waals surface area contributed by atoms with Crippen LogP contribution in [0.1, 0.15) is 79.1 Å². The number of rotatable bonds is 13. The summed E-state index contributed by atoms with van der Waals surface area (Å²) in [6.07, 6.45) is 5.10. The lowest BCUT2D eigenvalue weighted by atomic mass is 9.96. The summed E-state index contributed by atoms with van der Waals surface area (Å²) in [5.74, 6) is 1.36. The van der Waals surface area contributed by atoms with Crippen LogP contribution < -0.4 is 9.47 Å². The van der Waals surface area contributed by atoms with Crippen LogP contribution in [0.4, 0.5) is 0 Å². The van der Waals surface area contributed by atoms with Gasteiger partial charge in [-0.3, -0.25) is 19.4 Å². The fourth-order valence-electron chi connectivity index (χ4n) is 7.50. The van der Waals surface area contributed by atoms with Crippen LogP contribution in [0.3, 0.4) is 0 Å². The summed E-state index contributed by atoms with van der Waals surface area (Å²) in [6.45, 7) is 10.9. The summed E-state index contributed by atoms with van der Waals surface area (Å²) in [4.78, 5) is 33.1. The van der Waals surface area contributed by atoms with Crippen molar-refractivity contribution in [2.24, 2.45) is 0 Å². The van der Waals surface area contributed by atoms with Gasteiger partial charge in [-0.15, -0.1) is 11.3 Å². The monoisotopic (exact) mass is 730 g/mol. The lowest BCUT2D eigenvalue weighted by Crippen LogP contribution is -2.41. The smallest absolute Gasteiger partial charge is 0.323 e. The zero-order valence-electron chi connectivity index (χ0n) is 31.4. The molecule has 2 saturated heterocycles. The topological polar surface area (TPSA) is 68.3 Å². The van der Waals surface area contributed by atoms with Gasteiger partial charge in [0.1, 0.15) is 29.7 Å². The molecule has 0 bridgehead atoms. The average molecular weight is 731 g/mol. The Morgan fingerprint density at radius 3 is 2.36 bits per heavy atom. The van der Waals surface area contributed by atoms with Gasteiger partial charge in [-0.2, -0.15) is 0 Å². The van der Waals surface area contributed by atoms with Crippen molar-refractivity contribution in [2.75, 3.05) is 33.3 Å². The van der Waals surface area contributed by atoms with Gasteiger partial charge in [0.05, 0.1) is 7.11 Å². The van der Waals surface area contributed by atoms with E-state index in [0.29, 0.717) is 17.7 Å². The van der Waals surface area contributed by atoms with Gasteiger partial charge in [-0.1, -0.05) is 66.7 Å². The summed E-state index contributed by atoms with van der Waals surface area (Å²) in [7, 11) is 1.68. The maximum atomic E-state index is 14.6. The number of fused-ring (bicyclic) bond motifs is 1. The Bertz CT molecular complexity index is 2040. The number of thiophene rings is 1. The van der Waals surface area contributed by atoms with E-state index >= 15 is 0 Å². The molecule has 2 aliphatic heterocycles. The van der Waals surface area contributed by atoms with Gasteiger partial charge >= 0.3 is 5.97 Å². The zero-order valence-corrected chi connectivity index (χ0v) is 32.2. The molecule has 3 heterocycles. The van der Waals surface area contributed by atoms with E-state index in [9.17, 15) is 9.59 Å². The molecule has 1 unspecified atom stereocenters. The maximum absolute atomic E-state index is 14.6. The minimum Gasteiger partial charge on any atom is -0.496 e. The quantitative estimate of drug-likeness (QED) is 0.0884. The van der Waals surface area contributed by atoms with Crippen molar-refractivity contribution in [1.82, 2.24) is 9.80 Å². The second-order valence-electron chi connectivity index (χ2n) is 15.3. The Labute approximate surface area is 317 Å². The Hall–Kier alpha value is -4.50. The van der Waals surface area contributed by atoms with Crippen molar-refractivity contribution in [3.8, 4) is 21.9 Å². The first-order valence-electron chi connectivity index (χ1n) is 18.9. The van der Waals surface area contributed by atoms with Crippen LogP contribution in [0, 0.1) is 0 Å². The lowest BCUT2D eigenvalue weighted by Gasteiger charge is -2.27. The van der Waals surface area contributed by atoms with Gasteiger partial charge in [0.2, 0.25) is 0 Å². The number of likely N-dealkylation sites (tertiary alicyclic amines) is 2. The highest BCUT2D eigenvalue weighted by atomic mass is 32.1. The lowest BCUT2D eigenvalue weighted by molar-refractivity contribution is -0.160. The molecule has 0 N–H and O–H groups in total. The van der Waals surface area contributed by atoms with E-state index in [1.807, 2.05) is 63.2 Å². The zero-order chi connectivity index (χ0) is 37.0. The van der Waals surface area contributed by atoms with Crippen molar-refractivity contribution in [3.63, 3.8) is 0 Å². The van der Waals surface area contributed by atoms with Crippen molar-refractivity contribution in [3.05, 3.63) is 119 Å². The molecule has 8 heteroatoms. The van der Waals surface area contributed by atoms with E-state index in [-0.39, 0.29) is 17.8 Å². The molecule has 5 aromatic rings. The molecule has 276 valence electrons. The van der Waals surface area contributed by atoms with Crippen LogP contribution in [0.5, 0.6) is 11.5 Å². The van der Waals surface area contributed by atoms with Crippen LogP contribution in [0.2, 0.25) is 0 Å². The number of hydrogen-bond acceptors (Lipinski definition) is 8. The van der Waals surface area contributed by atoms with Gasteiger partial charge in [-0.25, -0.2) is 0 Å². The molecule has 7 nitrogen and oxygen atoms in total. The SMILES string of the molecule is COc1cc(C(=O)c2c(-c3ccc(CCN4CCCC4C(=O)OC(C)(C)C)cc3)sc3cc(OCc4ccccc4)ccc23)ccc1CN1CCCC1. The van der Waals surface area contributed by atoms with Gasteiger partial charge in [0.25, 0.3) is 0 Å². The molecule has 2 fully saturated rings. The third kappa shape index (κ3) is 8.84. The summed E-state index contributed by atoms with van der Waals surface area (Å²) in [5, 5.41) is 0.911. The predicted molar refractivity (Wildman–Crippen MR) is 213 cm³/mol. The van der Waals surface area contributed by atoms with E-state index < -0.39 is 5.60 Å². The first-order valence-corrected chi connectivity index (χ1v) is 19.7. The summed E-state index contributed by atoms with van der Waals surface area (Å²) < 4.78 is 18.8. The normalized spacial score (nSPS) is 16.6. The van der Waals surface area contributed by atoms with Crippen molar-refractivity contribution < 1.29 is 23.8 Å². The van der Waals surface area contributed by atoms with E-state index in [2.05, 4.69) is 58.3 Å². The van der Waals surface area contributed by atoms with Crippen LogP contribution in [-0.4, -0.2) is 66.5 Å². The number of ketones is 1. The van der Waals surface area contributed by atoms with Crippen molar-refractivity contribution in [1.29, 1.82) is 0 Å². The highest BCUT2D eigenvalue weighted by Gasteiger charge is 2.33. The summed E-state index contributed by atoms with van der Waals surface area (Å²) in [5.41, 5.74) is 5.19. The van der Waals surface area contributed by atoms with Crippen LogP contribution in [0.15, 0.2) is 91.0 Å². The summed E-state index contributed by atoms with van der Waals surface area (Å²) in [6, 6.07) is 30.4. The van der Waals surface area contributed by atoms with E-state index in [0.717, 1.165) is 95.1 Å². The predicted octanol–water partition coefficient (Wildman–Crippen LogP) is 9.33. The van der Waals surface area contributed by atoms with E-state index in [4.69, 9.17) is 14.2 Å². The second-order valence-corrected chi connectivity index (χ2v) is 16.3. The van der Waals surface area contributed by atoms with E-state index in [1.165, 1.54) is 18.4 Å². The van der Waals surface area contributed by atoms with Gasteiger partial charge in [0.15, 0.2) is 5.78 Å². The Balaban J connectivity index is 1.16. The van der Waals surface area contributed by atoms with Crippen LogP contribution in [-0.2, 0) is 29.1 Å². The molecular formula is C45H50N2O5S. The first-order chi connectivity index (χ1) is 25.6. The number of carbonyl (C=O) groups is 2. The third-order valence-electron chi connectivity index (χ3n) is 10.2. The number of esters is 1. The number of ether oxygens (including phenoxy) is 3. The van der Waals surface area contributed by atoms with Crippen LogP contribution >= 0.6 is 11.3 Å². The van der Waals surface area contributed by atoms with Crippen molar-refractivity contribution in [2.45, 2.75) is 77.7 Å². The highest BCUT2D eigenvalue weighted by Crippen LogP contribution is 2.42. The number of benzene rings is 4. The Kier molecular flexibility index (Phi) is 11.3. The van der Waals surface area contributed by atoms with Gasteiger partial charge < -0.3 is 14.2 Å². The molecule has 0 amide bonds. The molecule has 1 atom stereocenters. The molecule has 2 aliphatic rings. The largest absolute Gasteiger partial charge is 0.496 e. The molecule has 0 radical (unpaired) electrons. The van der Waals surface area contributed by atoms with E-state index in [1.54, 1.807) is 18.4 Å². The van der Waals surface area contributed by atoms with Gasteiger partial charge in [0, 0.05) is 44.7 Å². The maximum Gasteiger partial charge on any atom is 0.323 e. The summed E-state index contributed by atoms with van der Waals surface area (Å²) >= 11 is 1.62. The molecule has 53 heavy (non-hydrogen) atoms. The third-order valence-corrected chi connectivity index (χ3v) is 11.4. The molecule has 0 spiro atoms.